The van der Waals surface area contributed by atoms with E-state index in [-0.39, 0.29) is 18.4 Å². The van der Waals surface area contributed by atoms with Gasteiger partial charge in [-0.25, -0.2) is 0 Å². The maximum atomic E-state index is 12.5. The Morgan fingerprint density at radius 1 is 1.24 bits per heavy atom. The lowest BCUT2D eigenvalue weighted by atomic mass is 10.1. The molecule has 1 aromatic carbocycles. The molecule has 6 heteroatoms. The first-order valence-corrected chi connectivity index (χ1v) is 7.08. The fourth-order valence-electron chi connectivity index (χ4n) is 1.70. The molecule has 0 aliphatic heterocycles. The smallest absolute Gasteiger partial charge is 0.245 e. The monoisotopic (exact) mass is 312 g/mol. The highest BCUT2D eigenvalue weighted by atomic mass is 35.5. The first-order valence-electron chi connectivity index (χ1n) is 6.64. The summed E-state index contributed by atoms with van der Waals surface area (Å²) in [6.07, 6.45) is 0. The Bertz CT molecular complexity index is 465. The first kappa shape index (κ1) is 17.5. The molecule has 0 aliphatic carbocycles. The number of carbonyl (C=O) groups is 2. The summed E-state index contributed by atoms with van der Waals surface area (Å²) in [4.78, 5) is 27.2. The molecule has 0 saturated carbocycles. The second kappa shape index (κ2) is 8.64. The number of benzene rings is 1. The predicted octanol–water partition coefficient (Wildman–Crippen LogP) is 1.53. The van der Waals surface area contributed by atoms with E-state index in [9.17, 15) is 9.59 Å². The average Bonchev–Trinajstić information content (AvgIpc) is 2.50. The Hall–Kier alpha value is -1.59. The Kier molecular flexibility index (Phi) is 7.19. The highest BCUT2D eigenvalue weighted by Crippen LogP contribution is 2.22. The lowest BCUT2D eigenvalue weighted by Crippen LogP contribution is -2.43. The zero-order valence-electron chi connectivity index (χ0n) is 12.6. The van der Waals surface area contributed by atoms with Crippen molar-refractivity contribution < 1.29 is 14.3 Å². The number of hydrogen-bond donors (Lipinski definition) is 0. The highest BCUT2D eigenvalue weighted by molar-refractivity contribution is 6.30. The van der Waals surface area contributed by atoms with Gasteiger partial charge in [-0.3, -0.25) is 9.59 Å². The van der Waals surface area contributed by atoms with Crippen LogP contribution in [0.4, 0.5) is 0 Å². The number of amides is 2. The summed E-state index contributed by atoms with van der Waals surface area (Å²) in [7, 11) is 4.85. The number of alkyl halides is 1. The minimum atomic E-state index is -0.807. The molecule has 0 N–H and O–H groups in total. The van der Waals surface area contributed by atoms with Gasteiger partial charge in [0.05, 0.1) is 13.2 Å². The van der Waals surface area contributed by atoms with Gasteiger partial charge in [-0.2, -0.15) is 0 Å². The quantitative estimate of drug-likeness (QED) is 0.717. The van der Waals surface area contributed by atoms with Crippen LogP contribution in [0.15, 0.2) is 30.3 Å². The van der Waals surface area contributed by atoms with Gasteiger partial charge >= 0.3 is 0 Å². The van der Waals surface area contributed by atoms with E-state index in [2.05, 4.69) is 0 Å². The molecule has 0 saturated heterocycles. The average molecular weight is 313 g/mol. The van der Waals surface area contributed by atoms with Gasteiger partial charge in [0.2, 0.25) is 11.8 Å². The minimum absolute atomic E-state index is 0.00868. The first-order chi connectivity index (χ1) is 9.97. The van der Waals surface area contributed by atoms with Crippen molar-refractivity contribution in [3.05, 3.63) is 35.9 Å². The van der Waals surface area contributed by atoms with E-state index in [1.165, 1.54) is 9.80 Å². The number of halogens is 1. The Labute approximate surface area is 130 Å². The van der Waals surface area contributed by atoms with E-state index < -0.39 is 5.38 Å². The molecule has 0 radical (unpaired) electrons. The number of carbonyl (C=O) groups excluding carboxylic acids is 2. The lowest BCUT2D eigenvalue weighted by molar-refractivity contribution is -0.139. The predicted molar refractivity (Wildman–Crippen MR) is 82.2 cm³/mol. The third-order valence-electron chi connectivity index (χ3n) is 3.01. The highest BCUT2D eigenvalue weighted by Gasteiger charge is 2.25. The van der Waals surface area contributed by atoms with E-state index >= 15 is 0 Å². The zero-order valence-corrected chi connectivity index (χ0v) is 13.3. The van der Waals surface area contributed by atoms with Crippen LogP contribution < -0.4 is 0 Å². The van der Waals surface area contributed by atoms with E-state index in [0.717, 1.165) is 0 Å². The van der Waals surface area contributed by atoms with Crippen molar-refractivity contribution in [3.8, 4) is 0 Å². The number of rotatable bonds is 7. The van der Waals surface area contributed by atoms with Crippen LogP contribution in [0.25, 0.3) is 0 Å². The van der Waals surface area contributed by atoms with Crippen molar-refractivity contribution in [2.45, 2.75) is 5.38 Å². The van der Waals surface area contributed by atoms with Gasteiger partial charge < -0.3 is 14.5 Å². The second-order valence-electron chi connectivity index (χ2n) is 4.81. The molecule has 0 fully saturated rings. The van der Waals surface area contributed by atoms with Crippen LogP contribution in [0.2, 0.25) is 0 Å². The molecule has 0 heterocycles. The second-order valence-corrected chi connectivity index (χ2v) is 5.25. The lowest BCUT2D eigenvalue weighted by Gasteiger charge is -2.25. The van der Waals surface area contributed by atoms with Crippen molar-refractivity contribution in [2.24, 2.45) is 0 Å². The van der Waals surface area contributed by atoms with Crippen LogP contribution in [0, 0.1) is 0 Å². The molecular formula is C15H21ClN2O3. The third kappa shape index (κ3) is 5.36. The fraction of sp³-hybridized carbons (Fsp3) is 0.467. The van der Waals surface area contributed by atoms with Crippen molar-refractivity contribution in [2.75, 3.05) is 40.9 Å². The SMILES string of the molecule is COCCN(CC(=O)N(C)C)C(=O)C(Cl)c1ccccc1. The largest absolute Gasteiger partial charge is 0.383 e. The fourth-order valence-corrected chi connectivity index (χ4v) is 1.98. The molecule has 1 unspecified atom stereocenters. The zero-order chi connectivity index (χ0) is 15.8. The van der Waals surface area contributed by atoms with Crippen LogP contribution >= 0.6 is 11.6 Å². The van der Waals surface area contributed by atoms with Crippen LogP contribution in [-0.2, 0) is 14.3 Å². The summed E-state index contributed by atoms with van der Waals surface area (Å²) in [6.45, 7) is 0.668. The molecule has 0 spiro atoms. The molecule has 1 atom stereocenters. The van der Waals surface area contributed by atoms with Gasteiger partial charge in [0.15, 0.2) is 0 Å². The van der Waals surface area contributed by atoms with Gasteiger partial charge in [0.25, 0.3) is 0 Å². The molecule has 1 rings (SSSR count). The topological polar surface area (TPSA) is 49.9 Å². The molecule has 5 nitrogen and oxygen atoms in total. The van der Waals surface area contributed by atoms with Gasteiger partial charge in [-0.15, -0.1) is 11.6 Å². The van der Waals surface area contributed by atoms with E-state index in [4.69, 9.17) is 16.3 Å². The van der Waals surface area contributed by atoms with Gasteiger partial charge in [-0.05, 0) is 5.56 Å². The molecule has 0 bridgehead atoms. The minimum Gasteiger partial charge on any atom is -0.383 e. The Morgan fingerprint density at radius 3 is 2.38 bits per heavy atom. The summed E-state index contributed by atoms with van der Waals surface area (Å²) in [6, 6.07) is 9.08. The van der Waals surface area contributed by atoms with Crippen molar-refractivity contribution in [1.82, 2.24) is 9.80 Å². The van der Waals surface area contributed by atoms with Gasteiger partial charge in [0, 0.05) is 27.7 Å². The molecule has 2 amide bonds. The Balaban J connectivity index is 2.81. The number of methoxy groups -OCH3 is 1. The summed E-state index contributed by atoms with van der Waals surface area (Å²) in [5.41, 5.74) is 0.712. The number of ether oxygens (including phenoxy) is 1. The normalized spacial score (nSPS) is 11.8. The van der Waals surface area contributed by atoms with Crippen molar-refractivity contribution in [3.63, 3.8) is 0 Å². The summed E-state index contributed by atoms with van der Waals surface area (Å²) in [5.74, 6) is -0.452. The van der Waals surface area contributed by atoms with Crippen molar-refractivity contribution >= 4 is 23.4 Å². The van der Waals surface area contributed by atoms with E-state index in [0.29, 0.717) is 18.7 Å². The molecule has 0 aliphatic rings. The molecular weight excluding hydrogens is 292 g/mol. The standard InChI is InChI=1S/C15H21ClN2O3/c1-17(2)13(19)11-18(9-10-21-3)15(20)14(16)12-7-5-4-6-8-12/h4-8,14H,9-11H2,1-3H3. The molecule has 1 aromatic rings. The molecule has 21 heavy (non-hydrogen) atoms. The van der Waals surface area contributed by atoms with Crippen molar-refractivity contribution in [1.29, 1.82) is 0 Å². The van der Waals surface area contributed by atoms with Gasteiger partial charge in [0.1, 0.15) is 5.38 Å². The van der Waals surface area contributed by atoms with Crippen LogP contribution in [0.5, 0.6) is 0 Å². The van der Waals surface area contributed by atoms with Gasteiger partial charge in [-0.1, -0.05) is 30.3 Å². The van der Waals surface area contributed by atoms with E-state index in [1.54, 1.807) is 33.3 Å². The summed E-state index contributed by atoms with van der Waals surface area (Å²) >= 11 is 6.24. The molecule has 0 aromatic heterocycles. The van der Waals surface area contributed by atoms with E-state index in [1.807, 2.05) is 18.2 Å². The van der Waals surface area contributed by atoms with Crippen LogP contribution in [-0.4, -0.2) is 62.5 Å². The number of likely N-dealkylation sites (N-methyl/N-ethyl adjacent to an activating group) is 1. The number of nitrogens with zero attached hydrogens (tertiary/aromatic N) is 2. The maximum absolute atomic E-state index is 12.5. The summed E-state index contributed by atoms with van der Waals surface area (Å²) in [5, 5.41) is -0.807. The Morgan fingerprint density at radius 2 is 1.86 bits per heavy atom. The van der Waals surface area contributed by atoms with Crippen LogP contribution in [0.1, 0.15) is 10.9 Å². The molecule has 116 valence electrons. The maximum Gasteiger partial charge on any atom is 0.245 e. The van der Waals surface area contributed by atoms with Crippen LogP contribution in [0.3, 0.4) is 0 Å². The third-order valence-corrected chi connectivity index (χ3v) is 3.45. The summed E-state index contributed by atoms with van der Waals surface area (Å²) < 4.78 is 4.99. The number of hydrogen-bond acceptors (Lipinski definition) is 3.